The summed E-state index contributed by atoms with van der Waals surface area (Å²) in [5.41, 5.74) is 0.691. The fourth-order valence-electron chi connectivity index (χ4n) is 1.92. The molecular formula is C15H15BrClNO3. The molecule has 2 aromatic rings. The van der Waals surface area contributed by atoms with E-state index in [-0.39, 0.29) is 5.97 Å². The summed E-state index contributed by atoms with van der Waals surface area (Å²) < 4.78 is 11.5. The molecule has 112 valence electrons. The van der Waals surface area contributed by atoms with Crippen molar-refractivity contribution in [2.24, 2.45) is 0 Å². The van der Waals surface area contributed by atoms with Gasteiger partial charge < -0.3 is 9.47 Å². The van der Waals surface area contributed by atoms with Crippen molar-refractivity contribution in [2.45, 2.75) is 26.4 Å². The van der Waals surface area contributed by atoms with Crippen LogP contribution in [0, 0.1) is 0 Å². The second kappa shape index (κ2) is 7.09. The van der Waals surface area contributed by atoms with Crippen LogP contribution in [0.15, 0.2) is 28.9 Å². The molecular weight excluding hydrogens is 358 g/mol. The van der Waals surface area contributed by atoms with Crippen molar-refractivity contribution in [1.29, 1.82) is 0 Å². The summed E-state index contributed by atoms with van der Waals surface area (Å²) in [6.45, 7) is 3.96. The highest BCUT2D eigenvalue weighted by Gasteiger charge is 2.20. The number of hydrogen-bond acceptors (Lipinski definition) is 4. The highest BCUT2D eigenvalue weighted by Crippen LogP contribution is 2.30. The van der Waals surface area contributed by atoms with E-state index in [9.17, 15) is 4.79 Å². The normalized spacial score (nSPS) is 12.2. The number of carbonyl (C=O) groups is 1. The lowest BCUT2D eigenvalue weighted by Crippen LogP contribution is -2.28. The van der Waals surface area contributed by atoms with Gasteiger partial charge in [0.15, 0.2) is 6.10 Å². The number of esters is 1. The summed E-state index contributed by atoms with van der Waals surface area (Å²) >= 11 is 9.58. The van der Waals surface area contributed by atoms with Crippen molar-refractivity contribution >= 4 is 44.4 Å². The molecule has 1 atom stereocenters. The Bertz CT molecular complexity index is 663. The van der Waals surface area contributed by atoms with E-state index in [1.165, 1.54) is 0 Å². The molecule has 0 saturated carbocycles. The average Bonchev–Trinajstić information content (AvgIpc) is 2.44. The molecule has 0 radical (unpaired) electrons. The third kappa shape index (κ3) is 3.86. The Morgan fingerprint density at radius 2 is 2.14 bits per heavy atom. The van der Waals surface area contributed by atoms with Gasteiger partial charge in [0.1, 0.15) is 5.75 Å². The summed E-state index contributed by atoms with van der Waals surface area (Å²) in [6.07, 6.45) is 1.56. The number of rotatable bonds is 5. The molecule has 0 fully saturated rings. The first-order valence-corrected chi connectivity index (χ1v) is 7.80. The van der Waals surface area contributed by atoms with Gasteiger partial charge in [0.05, 0.1) is 17.1 Å². The largest absolute Gasteiger partial charge is 0.479 e. The highest BCUT2D eigenvalue weighted by atomic mass is 79.9. The predicted molar refractivity (Wildman–Crippen MR) is 85.8 cm³/mol. The zero-order valence-corrected chi connectivity index (χ0v) is 14.1. The maximum atomic E-state index is 11.8. The summed E-state index contributed by atoms with van der Waals surface area (Å²) in [5, 5.41) is 1.32. The zero-order valence-electron chi connectivity index (χ0n) is 11.7. The summed E-state index contributed by atoms with van der Waals surface area (Å²) in [5.74, 6) is 0.149. The maximum absolute atomic E-state index is 11.8. The van der Waals surface area contributed by atoms with E-state index in [0.717, 1.165) is 9.86 Å². The number of fused-ring (bicyclic) bond motifs is 1. The zero-order chi connectivity index (χ0) is 15.4. The van der Waals surface area contributed by atoms with E-state index >= 15 is 0 Å². The van der Waals surface area contributed by atoms with E-state index in [0.29, 0.717) is 29.3 Å². The highest BCUT2D eigenvalue weighted by molar-refractivity contribution is 9.10. The number of aromatic nitrogens is 1. The fraction of sp³-hybridized carbons (Fsp3) is 0.333. The fourth-order valence-corrected chi connectivity index (χ4v) is 2.53. The Morgan fingerprint density at radius 3 is 2.81 bits per heavy atom. The molecule has 1 unspecified atom stereocenters. The molecule has 21 heavy (non-hydrogen) atoms. The second-order valence-electron chi connectivity index (χ2n) is 4.40. The van der Waals surface area contributed by atoms with Gasteiger partial charge in [-0.1, -0.05) is 18.5 Å². The first-order chi connectivity index (χ1) is 10.0. The van der Waals surface area contributed by atoms with Crippen molar-refractivity contribution < 1.29 is 14.3 Å². The molecule has 0 N–H and O–H groups in total. The first-order valence-electron chi connectivity index (χ1n) is 6.63. The molecule has 2 rings (SSSR count). The van der Waals surface area contributed by atoms with Gasteiger partial charge in [-0.15, -0.1) is 0 Å². The summed E-state index contributed by atoms with van der Waals surface area (Å²) in [7, 11) is 0. The van der Waals surface area contributed by atoms with Crippen LogP contribution in [0.3, 0.4) is 0 Å². The molecule has 1 heterocycles. The van der Waals surface area contributed by atoms with Crippen LogP contribution in [0.4, 0.5) is 0 Å². The van der Waals surface area contributed by atoms with Gasteiger partial charge in [-0.05, 0) is 41.4 Å². The van der Waals surface area contributed by atoms with Crippen LogP contribution in [-0.4, -0.2) is 23.7 Å². The van der Waals surface area contributed by atoms with E-state index in [4.69, 9.17) is 21.1 Å². The average molecular weight is 373 g/mol. The van der Waals surface area contributed by atoms with Gasteiger partial charge in [-0.2, -0.15) is 0 Å². The number of carbonyl (C=O) groups excluding carboxylic acids is 1. The Morgan fingerprint density at radius 1 is 1.38 bits per heavy atom. The number of halogens is 2. The quantitative estimate of drug-likeness (QED) is 0.731. The molecule has 1 aromatic heterocycles. The van der Waals surface area contributed by atoms with E-state index < -0.39 is 6.10 Å². The minimum Gasteiger partial charge on any atom is -0.479 e. The van der Waals surface area contributed by atoms with Crippen molar-refractivity contribution in [2.75, 3.05) is 6.61 Å². The maximum Gasteiger partial charge on any atom is 0.347 e. The molecule has 6 heteroatoms. The Balaban J connectivity index is 2.31. The SMILES string of the molecule is CCOC(=O)C(CC)Oc1cc(Cl)c2ncc(Br)cc2c1. The number of benzene rings is 1. The van der Waals surface area contributed by atoms with Crippen molar-refractivity contribution in [3.63, 3.8) is 0 Å². The van der Waals surface area contributed by atoms with Crippen LogP contribution in [-0.2, 0) is 9.53 Å². The number of ether oxygens (including phenoxy) is 2. The lowest BCUT2D eigenvalue weighted by molar-refractivity contribution is -0.151. The van der Waals surface area contributed by atoms with Crippen LogP contribution >= 0.6 is 27.5 Å². The van der Waals surface area contributed by atoms with Crippen molar-refractivity contribution in [1.82, 2.24) is 4.98 Å². The van der Waals surface area contributed by atoms with Crippen LogP contribution in [0.5, 0.6) is 5.75 Å². The van der Waals surface area contributed by atoms with E-state index in [2.05, 4.69) is 20.9 Å². The van der Waals surface area contributed by atoms with Gasteiger partial charge in [-0.25, -0.2) is 4.79 Å². The Labute approximate surface area is 136 Å². The predicted octanol–water partition coefficient (Wildman–Crippen LogP) is 4.37. The van der Waals surface area contributed by atoms with Gasteiger partial charge in [0.2, 0.25) is 0 Å². The molecule has 0 bridgehead atoms. The van der Waals surface area contributed by atoms with Gasteiger partial charge in [-0.3, -0.25) is 4.98 Å². The lowest BCUT2D eigenvalue weighted by Gasteiger charge is -2.16. The third-order valence-corrected chi connectivity index (χ3v) is 3.60. The first kappa shape index (κ1) is 16.0. The lowest BCUT2D eigenvalue weighted by atomic mass is 10.2. The summed E-state index contributed by atoms with van der Waals surface area (Å²) in [4.78, 5) is 16.0. The van der Waals surface area contributed by atoms with E-state index in [1.807, 2.05) is 13.0 Å². The number of pyridine rings is 1. The van der Waals surface area contributed by atoms with Crippen molar-refractivity contribution in [3.8, 4) is 5.75 Å². The molecule has 0 aliphatic carbocycles. The Kier molecular flexibility index (Phi) is 5.42. The van der Waals surface area contributed by atoms with Crippen LogP contribution in [0.25, 0.3) is 10.9 Å². The van der Waals surface area contributed by atoms with Gasteiger partial charge >= 0.3 is 5.97 Å². The molecule has 1 aromatic carbocycles. The minimum absolute atomic E-state index is 0.327. The molecule has 0 spiro atoms. The minimum atomic E-state index is -0.640. The number of nitrogens with zero attached hydrogens (tertiary/aromatic N) is 1. The standard InChI is InChI=1S/C15H15BrClNO3/c1-3-13(15(19)20-4-2)21-11-6-9-5-10(16)8-18-14(9)12(17)7-11/h5-8,13H,3-4H2,1-2H3. The Hall–Kier alpha value is -1.33. The molecule has 4 nitrogen and oxygen atoms in total. The third-order valence-electron chi connectivity index (χ3n) is 2.88. The van der Waals surface area contributed by atoms with Gasteiger partial charge in [0.25, 0.3) is 0 Å². The molecule has 0 aliphatic heterocycles. The second-order valence-corrected chi connectivity index (χ2v) is 5.72. The number of hydrogen-bond donors (Lipinski definition) is 0. The van der Waals surface area contributed by atoms with E-state index in [1.54, 1.807) is 25.3 Å². The van der Waals surface area contributed by atoms with Crippen LogP contribution in [0.1, 0.15) is 20.3 Å². The van der Waals surface area contributed by atoms with Gasteiger partial charge in [0, 0.05) is 22.1 Å². The topological polar surface area (TPSA) is 48.4 Å². The molecule has 0 saturated heterocycles. The monoisotopic (exact) mass is 371 g/mol. The summed E-state index contributed by atoms with van der Waals surface area (Å²) in [6, 6.07) is 5.36. The van der Waals surface area contributed by atoms with Crippen LogP contribution in [0.2, 0.25) is 5.02 Å². The smallest absolute Gasteiger partial charge is 0.347 e. The molecule has 0 amide bonds. The molecule has 0 aliphatic rings. The van der Waals surface area contributed by atoms with Crippen molar-refractivity contribution in [3.05, 3.63) is 33.9 Å². The van der Waals surface area contributed by atoms with Crippen LogP contribution < -0.4 is 4.74 Å².